The van der Waals surface area contributed by atoms with Gasteiger partial charge in [-0.25, -0.2) is 0 Å². The normalized spacial score (nSPS) is 16.7. The van der Waals surface area contributed by atoms with Crippen molar-refractivity contribution in [3.63, 3.8) is 0 Å². The molecule has 1 unspecified atom stereocenters. The number of benzene rings is 3. The summed E-state index contributed by atoms with van der Waals surface area (Å²) in [6.07, 6.45) is 3.12. The number of rotatable bonds is 4. The molecule has 5 rings (SSSR count). The van der Waals surface area contributed by atoms with Gasteiger partial charge < -0.3 is 9.84 Å². The third-order valence-electron chi connectivity index (χ3n) is 5.41. The molecule has 0 aromatic heterocycles. The van der Waals surface area contributed by atoms with E-state index in [0.717, 1.165) is 12.2 Å². The Bertz CT molecular complexity index is 1020. The molecule has 0 fully saturated rings. The molecule has 0 amide bonds. The van der Waals surface area contributed by atoms with Gasteiger partial charge >= 0.3 is 0 Å². The van der Waals surface area contributed by atoms with Gasteiger partial charge in [-0.2, -0.15) is 0 Å². The fourth-order valence-corrected chi connectivity index (χ4v) is 4.25. The first-order valence-corrected chi connectivity index (χ1v) is 9.10. The lowest BCUT2D eigenvalue weighted by atomic mass is 9.89. The molecule has 2 heteroatoms. The molecule has 0 aliphatic heterocycles. The van der Waals surface area contributed by atoms with E-state index >= 15 is 0 Å². The maximum absolute atomic E-state index is 9.18. The minimum atomic E-state index is 0.0258. The van der Waals surface area contributed by atoms with Crippen molar-refractivity contribution in [2.75, 3.05) is 13.2 Å². The highest BCUT2D eigenvalue weighted by molar-refractivity contribution is 5.78. The van der Waals surface area contributed by atoms with Gasteiger partial charge in [-0.05, 0) is 57.5 Å². The maximum atomic E-state index is 9.18. The topological polar surface area (TPSA) is 29.5 Å². The predicted molar refractivity (Wildman–Crippen MR) is 104 cm³/mol. The summed E-state index contributed by atoms with van der Waals surface area (Å²) >= 11 is 0. The number of hydrogen-bond donors (Lipinski definition) is 1. The lowest BCUT2D eigenvalue weighted by Crippen LogP contribution is -2.07. The van der Waals surface area contributed by atoms with Crippen molar-refractivity contribution in [1.82, 2.24) is 0 Å². The zero-order valence-electron chi connectivity index (χ0n) is 14.5. The van der Waals surface area contributed by atoms with Crippen LogP contribution in [0.25, 0.3) is 17.2 Å². The Morgan fingerprint density at radius 1 is 0.885 bits per heavy atom. The van der Waals surface area contributed by atoms with Gasteiger partial charge in [0.05, 0.1) is 12.5 Å². The summed E-state index contributed by atoms with van der Waals surface area (Å²) in [6, 6.07) is 23.9. The second-order valence-electron chi connectivity index (χ2n) is 6.93. The Morgan fingerprint density at radius 2 is 1.69 bits per heavy atom. The number of hydrogen-bond acceptors (Lipinski definition) is 2. The fourth-order valence-electron chi connectivity index (χ4n) is 4.25. The van der Waals surface area contributed by atoms with Crippen LogP contribution >= 0.6 is 0 Å². The number of aliphatic hydroxyl groups is 1. The highest BCUT2D eigenvalue weighted by atomic mass is 16.5. The molecule has 1 N–H and O–H groups in total. The summed E-state index contributed by atoms with van der Waals surface area (Å²) in [5, 5.41) is 9.18. The smallest absolute Gasteiger partial charge is 0.111 e. The minimum absolute atomic E-state index is 0.0258. The van der Waals surface area contributed by atoms with Gasteiger partial charge in [0.15, 0.2) is 0 Å². The van der Waals surface area contributed by atoms with Gasteiger partial charge in [0.1, 0.15) is 12.4 Å². The molecule has 0 saturated heterocycles. The Morgan fingerprint density at radius 3 is 2.62 bits per heavy atom. The lowest BCUT2D eigenvalue weighted by molar-refractivity contribution is 0.141. The molecule has 0 heterocycles. The Hall–Kier alpha value is -2.84. The van der Waals surface area contributed by atoms with Crippen LogP contribution in [0.1, 0.15) is 33.7 Å². The molecule has 3 aromatic carbocycles. The van der Waals surface area contributed by atoms with E-state index in [1.165, 1.54) is 38.9 Å². The van der Waals surface area contributed by atoms with Gasteiger partial charge in [0, 0.05) is 0 Å². The van der Waals surface area contributed by atoms with Crippen LogP contribution in [-0.2, 0) is 11.2 Å². The molecule has 0 radical (unpaired) electrons. The van der Waals surface area contributed by atoms with Crippen molar-refractivity contribution >= 4 is 6.08 Å². The third-order valence-corrected chi connectivity index (χ3v) is 5.41. The molecule has 128 valence electrons. The minimum Gasteiger partial charge on any atom is -0.495 e. The number of fused-ring (bicyclic) bond motifs is 4. The zero-order chi connectivity index (χ0) is 17.5. The van der Waals surface area contributed by atoms with Crippen molar-refractivity contribution in [2.45, 2.75) is 12.3 Å². The van der Waals surface area contributed by atoms with Crippen LogP contribution in [-0.4, -0.2) is 18.3 Å². The van der Waals surface area contributed by atoms with E-state index in [1.807, 2.05) is 0 Å². The summed E-state index contributed by atoms with van der Waals surface area (Å²) in [7, 11) is 0. The average Bonchev–Trinajstić information content (AvgIpc) is 3.23. The van der Waals surface area contributed by atoms with E-state index in [1.54, 1.807) is 0 Å². The quantitative estimate of drug-likeness (QED) is 0.581. The fraction of sp³-hybridized carbons (Fsp3) is 0.167. The summed E-state index contributed by atoms with van der Waals surface area (Å²) < 4.78 is 5.90. The first-order valence-electron chi connectivity index (χ1n) is 9.10. The first kappa shape index (κ1) is 15.4. The summed E-state index contributed by atoms with van der Waals surface area (Å²) in [6.45, 7) is 0.349. The SMILES string of the molecule is OCCOC1=Cc2ccccc2C1c1ccc2c(c1)-c1ccccc1C2. The molecule has 2 nitrogen and oxygen atoms in total. The largest absolute Gasteiger partial charge is 0.495 e. The second kappa shape index (κ2) is 6.15. The second-order valence-corrected chi connectivity index (χ2v) is 6.93. The molecule has 3 aromatic rings. The van der Waals surface area contributed by atoms with Gasteiger partial charge in [-0.3, -0.25) is 0 Å². The molecule has 0 saturated carbocycles. The van der Waals surface area contributed by atoms with Crippen LogP contribution in [0, 0.1) is 0 Å². The highest BCUT2D eigenvalue weighted by Crippen LogP contribution is 2.44. The molecule has 2 aliphatic rings. The van der Waals surface area contributed by atoms with Crippen LogP contribution in [0.3, 0.4) is 0 Å². The molecule has 26 heavy (non-hydrogen) atoms. The summed E-state index contributed by atoms with van der Waals surface area (Å²) in [4.78, 5) is 0. The van der Waals surface area contributed by atoms with Gasteiger partial charge in [-0.1, -0.05) is 60.7 Å². The molecule has 2 aliphatic carbocycles. The van der Waals surface area contributed by atoms with E-state index in [9.17, 15) is 5.11 Å². The highest BCUT2D eigenvalue weighted by Gasteiger charge is 2.29. The molecule has 1 atom stereocenters. The van der Waals surface area contributed by atoms with Crippen LogP contribution in [0.4, 0.5) is 0 Å². The monoisotopic (exact) mass is 340 g/mol. The Kier molecular flexibility index (Phi) is 3.65. The van der Waals surface area contributed by atoms with E-state index < -0.39 is 0 Å². The van der Waals surface area contributed by atoms with Crippen molar-refractivity contribution in [3.05, 3.63) is 100 Å². The van der Waals surface area contributed by atoms with Crippen LogP contribution in [0.15, 0.2) is 72.5 Å². The van der Waals surface area contributed by atoms with Crippen molar-refractivity contribution in [2.24, 2.45) is 0 Å². The van der Waals surface area contributed by atoms with Crippen LogP contribution in [0.2, 0.25) is 0 Å². The number of allylic oxidation sites excluding steroid dienone is 1. The standard InChI is InChI=1S/C24H20O2/c25-11-12-26-23-15-17-6-2-4-8-21(17)24(23)19-10-9-18-13-16-5-1-3-7-20(16)22(18)14-19/h1-10,14-15,24-25H,11-13H2. The lowest BCUT2D eigenvalue weighted by Gasteiger charge is -2.19. The zero-order valence-corrected chi connectivity index (χ0v) is 14.5. The van der Waals surface area contributed by atoms with Gasteiger partial charge in [-0.15, -0.1) is 0 Å². The molecule has 0 bridgehead atoms. The number of ether oxygens (including phenoxy) is 1. The summed E-state index contributed by atoms with van der Waals surface area (Å²) in [5.74, 6) is 1.02. The van der Waals surface area contributed by atoms with Crippen LogP contribution < -0.4 is 0 Å². The Balaban J connectivity index is 1.61. The molecule has 0 spiro atoms. The van der Waals surface area contributed by atoms with Crippen molar-refractivity contribution in [3.8, 4) is 11.1 Å². The van der Waals surface area contributed by atoms with Gasteiger partial charge in [0.25, 0.3) is 0 Å². The maximum Gasteiger partial charge on any atom is 0.111 e. The molecular weight excluding hydrogens is 320 g/mol. The molecular formula is C24H20O2. The Labute approximate surface area is 153 Å². The van der Waals surface area contributed by atoms with E-state index in [2.05, 4.69) is 72.8 Å². The van der Waals surface area contributed by atoms with E-state index in [0.29, 0.717) is 6.61 Å². The van der Waals surface area contributed by atoms with Crippen molar-refractivity contribution in [1.29, 1.82) is 0 Å². The summed E-state index contributed by atoms with van der Waals surface area (Å²) in [5.41, 5.74) is 9.19. The third kappa shape index (κ3) is 2.38. The van der Waals surface area contributed by atoms with E-state index in [-0.39, 0.29) is 12.5 Å². The first-order chi connectivity index (χ1) is 12.8. The van der Waals surface area contributed by atoms with E-state index in [4.69, 9.17) is 4.74 Å². The van der Waals surface area contributed by atoms with Crippen LogP contribution in [0.5, 0.6) is 0 Å². The predicted octanol–water partition coefficient (Wildman–Crippen LogP) is 4.75. The van der Waals surface area contributed by atoms with Gasteiger partial charge in [0.2, 0.25) is 0 Å². The average molecular weight is 340 g/mol. The van der Waals surface area contributed by atoms with Crippen molar-refractivity contribution < 1.29 is 9.84 Å². The number of aliphatic hydroxyl groups excluding tert-OH is 1.